The van der Waals surface area contributed by atoms with E-state index in [0.717, 1.165) is 53.7 Å². The van der Waals surface area contributed by atoms with Crippen molar-refractivity contribution < 1.29 is 19.1 Å². The zero-order valence-corrected chi connectivity index (χ0v) is 23.4. The second-order valence-corrected chi connectivity index (χ2v) is 11.1. The normalized spacial score (nSPS) is 12.5. The summed E-state index contributed by atoms with van der Waals surface area (Å²) in [5.41, 5.74) is 5.86. The van der Waals surface area contributed by atoms with E-state index in [9.17, 15) is 9.59 Å². The SMILES string of the molecule is CCOC(=O)c1c(NC(=O)Cc2ccccc2)sc(Cl)c1-c1ccc2c(c1OCc1ccccc1)CCCC2. The van der Waals surface area contributed by atoms with Gasteiger partial charge in [-0.05, 0) is 54.9 Å². The van der Waals surface area contributed by atoms with Gasteiger partial charge in [-0.1, -0.05) is 84.4 Å². The van der Waals surface area contributed by atoms with Crippen LogP contribution in [0.3, 0.4) is 0 Å². The van der Waals surface area contributed by atoms with Crippen molar-refractivity contribution in [2.24, 2.45) is 0 Å². The van der Waals surface area contributed by atoms with Gasteiger partial charge < -0.3 is 14.8 Å². The molecule has 39 heavy (non-hydrogen) atoms. The van der Waals surface area contributed by atoms with Gasteiger partial charge >= 0.3 is 5.97 Å². The molecule has 0 radical (unpaired) electrons. The lowest BCUT2D eigenvalue weighted by Crippen LogP contribution is -2.16. The fraction of sp³-hybridized carbons (Fsp3) is 0.250. The quantitative estimate of drug-likeness (QED) is 0.212. The largest absolute Gasteiger partial charge is 0.488 e. The maximum absolute atomic E-state index is 13.3. The minimum atomic E-state index is -0.530. The number of fused-ring (bicyclic) bond motifs is 1. The van der Waals surface area contributed by atoms with Crippen LogP contribution in [0.2, 0.25) is 4.34 Å². The van der Waals surface area contributed by atoms with Crippen molar-refractivity contribution in [3.63, 3.8) is 0 Å². The maximum atomic E-state index is 13.3. The van der Waals surface area contributed by atoms with Crippen LogP contribution < -0.4 is 10.1 Å². The van der Waals surface area contributed by atoms with E-state index in [4.69, 9.17) is 21.1 Å². The fourth-order valence-electron chi connectivity index (χ4n) is 4.97. The maximum Gasteiger partial charge on any atom is 0.341 e. The molecule has 0 bridgehead atoms. The van der Waals surface area contributed by atoms with Crippen molar-refractivity contribution in [3.05, 3.63) is 105 Å². The lowest BCUT2D eigenvalue weighted by atomic mass is 9.87. The molecule has 0 saturated heterocycles. The van der Waals surface area contributed by atoms with E-state index < -0.39 is 5.97 Å². The summed E-state index contributed by atoms with van der Waals surface area (Å²) < 4.78 is 12.3. The molecule has 3 aromatic carbocycles. The molecule has 1 aliphatic rings. The summed E-state index contributed by atoms with van der Waals surface area (Å²) in [7, 11) is 0. The summed E-state index contributed by atoms with van der Waals surface area (Å²) in [5, 5.41) is 3.30. The van der Waals surface area contributed by atoms with Gasteiger partial charge in [-0.3, -0.25) is 4.79 Å². The van der Waals surface area contributed by atoms with Crippen LogP contribution >= 0.6 is 22.9 Å². The number of nitrogens with one attached hydrogen (secondary N) is 1. The Morgan fingerprint density at radius 2 is 1.62 bits per heavy atom. The van der Waals surface area contributed by atoms with Gasteiger partial charge in [0.2, 0.25) is 5.91 Å². The molecule has 7 heteroatoms. The first-order valence-corrected chi connectivity index (χ1v) is 14.4. The van der Waals surface area contributed by atoms with Crippen molar-refractivity contribution in [1.29, 1.82) is 0 Å². The molecule has 0 fully saturated rings. The van der Waals surface area contributed by atoms with Crippen molar-refractivity contribution in [2.75, 3.05) is 11.9 Å². The van der Waals surface area contributed by atoms with E-state index in [1.807, 2.05) is 66.7 Å². The number of ether oxygens (including phenoxy) is 2. The van der Waals surface area contributed by atoms with Crippen LogP contribution in [-0.2, 0) is 35.4 Å². The first-order valence-electron chi connectivity index (χ1n) is 13.2. The highest BCUT2D eigenvalue weighted by molar-refractivity contribution is 7.21. The average Bonchev–Trinajstić information content (AvgIpc) is 3.27. The predicted molar refractivity (Wildman–Crippen MR) is 157 cm³/mol. The third-order valence-corrected chi connectivity index (χ3v) is 8.10. The Hall–Kier alpha value is -3.61. The van der Waals surface area contributed by atoms with Crippen LogP contribution in [0.1, 0.15) is 52.4 Å². The third kappa shape index (κ3) is 6.18. The summed E-state index contributed by atoms with van der Waals surface area (Å²) in [6.07, 6.45) is 4.26. The van der Waals surface area contributed by atoms with Gasteiger partial charge in [-0.2, -0.15) is 0 Å². The Labute approximate surface area is 237 Å². The van der Waals surface area contributed by atoms with Crippen molar-refractivity contribution in [1.82, 2.24) is 0 Å². The number of aryl methyl sites for hydroxylation is 1. The number of rotatable bonds is 9. The summed E-state index contributed by atoms with van der Waals surface area (Å²) in [4.78, 5) is 26.3. The Bertz CT molecular complexity index is 1470. The Morgan fingerprint density at radius 1 is 0.923 bits per heavy atom. The standard InChI is InChI=1S/C32H30ClNO4S/c1-2-37-32(36)28-27(30(33)39-31(28)34-26(35)19-21-11-5-3-6-12-21)25-18-17-23-15-9-10-16-24(23)29(25)38-20-22-13-7-4-8-14-22/h3-8,11-14,17-18H,2,9-10,15-16,19-20H2,1H3,(H,34,35). The minimum Gasteiger partial charge on any atom is -0.488 e. The van der Waals surface area contributed by atoms with Gasteiger partial charge in [0.25, 0.3) is 0 Å². The van der Waals surface area contributed by atoms with E-state index in [1.165, 1.54) is 16.9 Å². The molecule has 4 aromatic rings. The number of carbonyl (C=O) groups excluding carboxylic acids is 2. The van der Waals surface area contributed by atoms with E-state index in [-0.39, 0.29) is 24.5 Å². The van der Waals surface area contributed by atoms with Gasteiger partial charge in [-0.15, -0.1) is 11.3 Å². The minimum absolute atomic E-state index is 0.179. The third-order valence-electron chi connectivity index (χ3n) is 6.78. The van der Waals surface area contributed by atoms with Crippen molar-refractivity contribution in [2.45, 2.75) is 45.6 Å². The number of hydrogen-bond donors (Lipinski definition) is 1. The topological polar surface area (TPSA) is 64.6 Å². The molecular formula is C32H30ClNO4S. The lowest BCUT2D eigenvalue weighted by molar-refractivity contribution is -0.115. The van der Waals surface area contributed by atoms with Gasteiger partial charge in [0, 0.05) is 11.1 Å². The highest BCUT2D eigenvalue weighted by Crippen LogP contribution is 2.49. The molecule has 0 unspecified atom stereocenters. The molecule has 5 rings (SSSR count). The van der Waals surface area contributed by atoms with Crippen LogP contribution in [-0.4, -0.2) is 18.5 Å². The van der Waals surface area contributed by atoms with Gasteiger partial charge in [0.1, 0.15) is 27.3 Å². The number of thiophene rings is 1. The smallest absolute Gasteiger partial charge is 0.341 e. The number of halogens is 1. The molecule has 5 nitrogen and oxygen atoms in total. The summed E-state index contributed by atoms with van der Waals surface area (Å²) in [6, 6.07) is 23.5. The second-order valence-electron chi connectivity index (χ2n) is 9.45. The Kier molecular flexibility index (Phi) is 8.64. The lowest BCUT2D eigenvalue weighted by Gasteiger charge is -2.23. The van der Waals surface area contributed by atoms with E-state index in [0.29, 0.717) is 21.5 Å². The number of carbonyl (C=O) groups is 2. The molecular weight excluding hydrogens is 530 g/mol. The Morgan fingerprint density at radius 3 is 2.33 bits per heavy atom. The van der Waals surface area contributed by atoms with Gasteiger partial charge in [-0.25, -0.2) is 4.79 Å². The van der Waals surface area contributed by atoms with Gasteiger partial charge in [0.05, 0.1) is 13.0 Å². The molecule has 0 saturated carbocycles. The molecule has 0 aliphatic heterocycles. The molecule has 1 aromatic heterocycles. The fourth-order valence-corrected chi connectivity index (χ4v) is 6.34. The van der Waals surface area contributed by atoms with E-state index in [1.54, 1.807) is 6.92 Å². The monoisotopic (exact) mass is 559 g/mol. The molecule has 1 aliphatic carbocycles. The zero-order valence-electron chi connectivity index (χ0n) is 21.8. The van der Waals surface area contributed by atoms with Crippen LogP contribution in [0.25, 0.3) is 11.1 Å². The molecule has 1 amide bonds. The molecule has 0 spiro atoms. The predicted octanol–water partition coefficient (Wildman–Crippen LogP) is 7.88. The van der Waals surface area contributed by atoms with Crippen molar-refractivity contribution in [3.8, 4) is 16.9 Å². The summed E-state index contributed by atoms with van der Waals surface area (Å²) in [5.74, 6) is -0.0249. The Balaban J connectivity index is 1.57. The molecule has 1 heterocycles. The number of esters is 1. The van der Waals surface area contributed by atoms with E-state index in [2.05, 4.69) is 11.4 Å². The second kappa shape index (κ2) is 12.5. The summed E-state index contributed by atoms with van der Waals surface area (Å²) >= 11 is 8.02. The molecule has 0 atom stereocenters. The highest BCUT2D eigenvalue weighted by Gasteiger charge is 2.30. The number of hydrogen-bond acceptors (Lipinski definition) is 5. The number of benzene rings is 3. The summed E-state index contributed by atoms with van der Waals surface area (Å²) in [6.45, 7) is 2.35. The van der Waals surface area contributed by atoms with Crippen LogP contribution in [0.4, 0.5) is 5.00 Å². The molecule has 200 valence electrons. The van der Waals surface area contributed by atoms with Gasteiger partial charge in [0.15, 0.2) is 0 Å². The average molecular weight is 560 g/mol. The van der Waals surface area contributed by atoms with E-state index >= 15 is 0 Å². The van der Waals surface area contributed by atoms with Crippen LogP contribution in [0, 0.1) is 0 Å². The van der Waals surface area contributed by atoms with Crippen molar-refractivity contribution >= 4 is 39.8 Å². The molecule has 1 N–H and O–H groups in total. The zero-order chi connectivity index (χ0) is 27.2. The van der Waals surface area contributed by atoms with Crippen LogP contribution in [0.15, 0.2) is 72.8 Å². The highest BCUT2D eigenvalue weighted by atomic mass is 35.5. The first kappa shape index (κ1) is 27.0. The van der Waals surface area contributed by atoms with Crippen LogP contribution in [0.5, 0.6) is 5.75 Å². The number of amides is 1. The first-order chi connectivity index (χ1) is 19.0. The number of anilines is 1.